The van der Waals surface area contributed by atoms with Crippen LogP contribution in [0.2, 0.25) is 0 Å². The average molecular weight is 519 g/mol. The van der Waals surface area contributed by atoms with Crippen LogP contribution in [-0.4, -0.2) is 50.3 Å². The summed E-state index contributed by atoms with van der Waals surface area (Å²) in [7, 11) is 1.80. The second-order valence-corrected chi connectivity index (χ2v) is 7.77. The van der Waals surface area contributed by atoms with Crippen LogP contribution in [0.3, 0.4) is 0 Å². The molecule has 0 unspecified atom stereocenters. The number of benzene rings is 1. The molecular formula is C22H35FIN3O2. The Morgan fingerprint density at radius 3 is 2.55 bits per heavy atom. The number of nitrogens with zero attached hydrogens (tertiary/aromatic N) is 2. The maximum atomic E-state index is 14.0. The molecule has 1 aromatic carbocycles. The minimum Gasteiger partial charge on any atom is -0.491 e. The monoisotopic (exact) mass is 519 g/mol. The molecular weight excluding hydrogens is 484 g/mol. The van der Waals surface area contributed by atoms with E-state index in [1.54, 1.807) is 13.1 Å². The summed E-state index contributed by atoms with van der Waals surface area (Å²) in [6.07, 6.45) is 7.84. The highest BCUT2D eigenvalue weighted by Gasteiger charge is 2.23. The first-order valence-electron chi connectivity index (χ1n) is 10.7. The molecule has 1 saturated carbocycles. The van der Waals surface area contributed by atoms with Crippen LogP contribution in [0.1, 0.15) is 51.0 Å². The normalized spacial score (nSPS) is 18.6. The number of hydrogen-bond donors (Lipinski definition) is 1. The molecule has 3 rings (SSSR count). The van der Waals surface area contributed by atoms with Gasteiger partial charge >= 0.3 is 0 Å². The van der Waals surface area contributed by atoms with Crippen molar-refractivity contribution in [2.75, 3.05) is 33.4 Å². The van der Waals surface area contributed by atoms with E-state index >= 15 is 0 Å². The molecule has 0 radical (unpaired) electrons. The molecule has 0 bridgehead atoms. The number of nitrogens with one attached hydrogen (secondary N) is 1. The van der Waals surface area contributed by atoms with E-state index in [9.17, 15) is 4.39 Å². The first-order valence-corrected chi connectivity index (χ1v) is 10.7. The Hall–Kier alpha value is -1.09. The fraction of sp³-hybridized carbons (Fsp3) is 0.682. The lowest BCUT2D eigenvalue weighted by Gasteiger charge is -2.34. The fourth-order valence-corrected chi connectivity index (χ4v) is 4.12. The molecule has 164 valence electrons. The summed E-state index contributed by atoms with van der Waals surface area (Å²) >= 11 is 0. The summed E-state index contributed by atoms with van der Waals surface area (Å²) in [5, 5.41) is 3.35. The van der Waals surface area contributed by atoms with Crippen molar-refractivity contribution in [1.82, 2.24) is 10.2 Å². The number of hydrogen-bond acceptors (Lipinski definition) is 3. The van der Waals surface area contributed by atoms with E-state index in [4.69, 9.17) is 9.47 Å². The molecule has 0 aromatic heterocycles. The van der Waals surface area contributed by atoms with E-state index in [1.165, 1.54) is 31.7 Å². The molecule has 1 aromatic rings. The number of aliphatic imine (C=N–C) groups is 1. The second kappa shape index (κ2) is 12.6. The summed E-state index contributed by atoms with van der Waals surface area (Å²) in [5.74, 6) is 1.62. The topological polar surface area (TPSA) is 46.1 Å². The maximum absolute atomic E-state index is 14.0. The van der Waals surface area contributed by atoms with Gasteiger partial charge in [0.25, 0.3) is 0 Å². The summed E-state index contributed by atoms with van der Waals surface area (Å²) in [5.41, 5.74) is 0.872. The van der Waals surface area contributed by atoms with Crippen molar-refractivity contribution in [2.24, 2.45) is 10.9 Å². The fourth-order valence-electron chi connectivity index (χ4n) is 4.12. The van der Waals surface area contributed by atoms with Crippen molar-refractivity contribution in [2.45, 2.75) is 58.1 Å². The zero-order chi connectivity index (χ0) is 19.8. The number of guanidine groups is 1. The minimum atomic E-state index is -0.323. The Kier molecular flexibility index (Phi) is 10.5. The Morgan fingerprint density at radius 1 is 1.21 bits per heavy atom. The van der Waals surface area contributed by atoms with Gasteiger partial charge in [0.1, 0.15) is 0 Å². The van der Waals surface area contributed by atoms with Crippen LogP contribution < -0.4 is 10.1 Å². The van der Waals surface area contributed by atoms with Crippen LogP contribution in [0.5, 0.6) is 5.75 Å². The second-order valence-electron chi connectivity index (χ2n) is 7.77. The van der Waals surface area contributed by atoms with Crippen molar-refractivity contribution in [3.05, 3.63) is 29.6 Å². The van der Waals surface area contributed by atoms with Gasteiger partial charge in [0, 0.05) is 33.3 Å². The van der Waals surface area contributed by atoms with E-state index in [-0.39, 0.29) is 29.8 Å². The molecule has 1 aliphatic carbocycles. The van der Waals surface area contributed by atoms with Crippen molar-refractivity contribution < 1.29 is 13.9 Å². The van der Waals surface area contributed by atoms with Crippen molar-refractivity contribution in [3.8, 4) is 5.75 Å². The molecule has 1 saturated heterocycles. The van der Waals surface area contributed by atoms with Gasteiger partial charge in [0.15, 0.2) is 17.5 Å². The lowest BCUT2D eigenvalue weighted by Crippen LogP contribution is -2.46. The molecule has 1 aliphatic heterocycles. The Morgan fingerprint density at radius 2 is 1.93 bits per heavy atom. The highest BCUT2D eigenvalue weighted by Crippen LogP contribution is 2.26. The number of halogens is 2. The first-order chi connectivity index (χ1) is 13.7. The molecule has 5 nitrogen and oxygen atoms in total. The van der Waals surface area contributed by atoms with Gasteiger partial charge < -0.3 is 19.7 Å². The largest absolute Gasteiger partial charge is 0.491 e. The SMILES string of the molecule is CCOc1ccc(CNC(=NC)N2CCC(OCC3CCCC3)CC2)cc1F.I. The highest BCUT2D eigenvalue weighted by atomic mass is 127. The first kappa shape index (κ1) is 24.2. The van der Waals surface area contributed by atoms with E-state index in [0.717, 1.165) is 50.0 Å². The van der Waals surface area contributed by atoms with Gasteiger partial charge in [-0.3, -0.25) is 4.99 Å². The Bertz CT molecular complexity index is 645. The number of piperidine rings is 1. The third kappa shape index (κ3) is 7.27. The van der Waals surface area contributed by atoms with Gasteiger partial charge in [-0.05, 0) is 56.2 Å². The molecule has 0 spiro atoms. The summed E-state index contributed by atoms with van der Waals surface area (Å²) in [6, 6.07) is 5.09. The van der Waals surface area contributed by atoms with E-state index in [1.807, 2.05) is 13.0 Å². The predicted molar refractivity (Wildman–Crippen MR) is 126 cm³/mol. The van der Waals surface area contributed by atoms with Gasteiger partial charge in [-0.2, -0.15) is 0 Å². The predicted octanol–water partition coefficient (Wildman–Crippen LogP) is 4.59. The van der Waals surface area contributed by atoms with Crippen LogP contribution in [0, 0.1) is 11.7 Å². The number of likely N-dealkylation sites (tertiary alicyclic amines) is 1. The molecule has 0 amide bonds. The van der Waals surface area contributed by atoms with Gasteiger partial charge in [0.05, 0.1) is 12.7 Å². The van der Waals surface area contributed by atoms with Crippen LogP contribution in [-0.2, 0) is 11.3 Å². The number of rotatable bonds is 7. The molecule has 2 aliphatic rings. The van der Waals surface area contributed by atoms with Crippen LogP contribution in [0.4, 0.5) is 4.39 Å². The molecule has 0 atom stereocenters. The van der Waals surface area contributed by atoms with Gasteiger partial charge in [0.2, 0.25) is 0 Å². The lowest BCUT2D eigenvalue weighted by atomic mass is 10.1. The van der Waals surface area contributed by atoms with Crippen molar-refractivity contribution in [3.63, 3.8) is 0 Å². The van der Waals surface area contributed by atoms with Crippen LogP contribution in [0.25, 0.3) is 0 Å². The third-order valence-corrected chi connectivity index (χ3v) is 5.74. The van der Waals surface area contributed by atoms with Crippen molar-refractivity contribution >= 4 is 29.9 Å². The summed E-state index contributed by atoms with van der Waals surface area (Å²) in [6.45, 7) is 5.65. The molecule has 7 heteroatoms. The minimum absolute atomic E-state index is 0. The Balaban J connectivity index is 0.00000300. The zero-order valence-corrected chi connectivity index (χ0v) is 20.0. The number of ether oxygens (including phenoxy) is 2. The van der Waals surface area contributed by atoms with Gasteiger partial charge in [-0.15, -0.1) is 24.0 Å². The highest BCUT2D eigenvalue weighted by molar-refractivity contribution is 14.0. The van der Waals surface area contributed by atoms with Gasteiger partial charge in [-0.1, -0.05) is 18.9 Å². The summed E-state index contributed by atoms with van der Waals surface area (Å²) < 4.78 is 25.4. The standard InChI is InChI=1S/C22H34FN3O2.HI/c1-3-27-21-9-8-18(14-20(21)23)15-25-22(24-2)26-12-10-19(11-13-26)28-16-17-6-4-5-7-17;/h8-9,14,17,19H,3-7,10-13,15-16H2,1-2H3,(H,24,25);1H. The third-order valence-electron chi connectivity index (χ3n) is 5.74. The zero-order valence-electron chi connectivity index (χ0n) is 17.7. The summed E-state index contributed by atoms with van der Waals surface area (Å²) in [4.78, 5) is 6.67. The molecule has 29 heavy (non-hydrogen) atoms. The van der Waals surface area contributed by atoms with Crippen molar-refractivity contribution in [1.29, 1.82) is 0 Å². The smallest absolute Gasteiger partial charge is 0.193 e. The van der Waals surface area contributed by atoms with E-state index in [2.05, 4.69) is 15.2 Å². The molecule has 1 N–H and O–H groups in total. The van der Waals surface area contributed by atoms with Crippen LogP contribution >= 0.6 is 24.0 Å². The van der Waals surface area contributed by atoms with Crippen LogP contribution in [0.15, 0.2) is 23.2 Å². The quantitative estimate of drug-likeness (QED) is 0.325. The average Bonchev–Trinajstić information content (AvgIpc) is 3.23. The Labute approximate surface area is 191 Å². The maximum Gasteiger partial charge on any atom is 0.193 e. The van der Waals surface area contributed by atoms with E-state index in [0.29, 0.717) is 25.0 Å². The lowest BCUT2D eigenvalue weighted by molar-refractivity contribution is 0.00101. The molecule has 1 heterocycles. The van der Waals surface area contributed by atoms with E-state index < -0.39 is 0 Å². The molecule has 2 fully saturated rings. The van der Waals surface area contributed by atoms with Gasteiger partial charge in [-0.25, -0.2) is 4.39 Å².